The lowest BCUT2D eigenvalue weighted by Crippen LogP contribution is -2.31. The van der Waals surface area contributed by atoms with Gasteiger partial charge in [-0.1, -0.05) is 36.4 Å². The number of fused-ring (bicyclic) bond motifs is 1. The second-order valence-corrected chi connectivity index (χ2v) is 7.67. The molecule has 0 bridgehead atoms. The summed E-state index contributed by atoms with van der Waals surface area (Å²) in [4.78, 5) is 19.4. The second kappa shape index (κ2) is 8.99. The first-order valence-corrected chi connectivity index (χ1v) is 10.2. The molecule has 2 aromatic carbocycles. The van der Waals surface area contributed by atoms with Crippen LogP contribution in [0.4, 0.5) is 0 Å². The lowest BCUT2D eigenvalue weighted by atomic mass is 10.0. The minimum absolute atomic E-state index is 0.0664. The highest BCUT2D eigenvalue weighted by atomic mass is 16.5. The van der Waals surface area contributed by atoms with Crippen molar-refractivity contribution in [2.75, 3.05) is 7.11 Å². The molecule has 3 aromatic rings. The SMILES string of the molecule is COc1ccccc1CN(Cc1cccnc1)C(=O)Cc1ccc2c(c1)CC(C)O2. The molecule has 1 unspecified atom stereocenters. The number of hydrogen-bond acceptors (Lipinski definition) is 4. The summed E-state index contributed by atoms with van der Waals surface area (Å²) in [5.74, 6) is 1.78. The van der Waals surface area contributed by atoms with Crippen LogP contribution in [0.15, 0.2) is 67.0 Å². The van der Waals surface area contributed by atoms with Gasteiger partial charge in [0, 0.05) is 37.5 Å². The van der Waals surface area contributed by atoms with E-state index in [4.69, 9.17) is 9.47 Å². The Kier molecular flexibility index (Phi) is 5.98. The van der Waals surface area contributed by atoms with Crippen LogP contribution < -0.4 is 9.47 Å². The first-order valence-electron chi connectivity index (χ1n) is 10.2. The average Bonchev–Trinajstić information content (AvgIpc) is 3.13. The molecule has 5 heteroatoms. The van der Waals surface area contributed by atoms with Gasteiger partial charge in [0.1, 0.15) is 17.6 Å². The van der Waals surface area contributed by atoms with Crippen molar-refractivity contribution >= 4 is 5.91 Å². The molecular formula is C25H26N2O3. The molecule has 0 saturated heterocycles. The van der Waals surface area contributed by atoms with Gasteiger partial charge in [-0.2, -0.15) is 0 Å². The predicted molar refractivity (Wildman–Crippen MR) is 115 cm³/mol. The third kappa shape index (κ3) is 4.62. The van der Waals surface area contributed by atoms with Crippen molar-refractivity contribution in [2.45, 2.75) is 39.0 Å². The molecule has 1 aromatic heterocycles. The second-order valence-electron chi connectivity index (χ2n) is 7.67. The molecule has 1 atom stereocenters. The number of nitrogens with zero attached hydrogens (tertiary/aromatic N) is 2. The molecule has 0 aliphatic carbocycles. The molecule has 0 spiro atoms. The monoisotopic (exact) mass is 402 g/mol. The average molecular weight is 402 g/mol. The third-order valence-electron chi connectivity index (χ3n) is 5.32. The summed E-state index contributed by atoms with van der Waals surface area (Å²) in [7, 11) is 1.65. The van der Waals surface area contributed by atoms with E-state index in [2.05, 4.69) is 18.0 Å². The Hall–Kier alpha value is -3.34. The van der Waals surface area contributed by atoms with Gasteiger partial charge >= 0.3 is 0 Å². The fourth-order valence-electron chi connectivity index (χ4n) is 3.86. The fourth-order valence-corrected chi connectivity index (χ4v) is 3.86. The van der Waals surface area contributed by atoms with E-state index in [-0.39, 0.29) is 12.0 Å². The number of amides is 1. The number of rotatable bonds is 7. The van der Waals surface area contributed by atoms with Crippen molar-refractivity contribution in [3.63, 3.8) is 0 Å². The summed E-state index contributed by atoms with van der Waals surface area (Å²) in [6, 6.07) is 17.8. The molecule has 0 saturated carbocycles. The van der Waals surface area contributed by atoms with Crippen molar-refractivity contribution in [3.8, 4) is 11.5 Å². The summed E-state index contributed by atoms with van der Waals surface area (Å²) < 4.78 is 11.3. The zero-order valence-electron chi connectivity index (χ0n) is 17.4. The van der Waals surface area contributed by atoms with E-state index in [1.807, 2.05) is 53.4 Å². The molecule has 1 aliphatic heterocycles. The molecule has 0 N–H and O–H groups in total. The molecule has 1 aliphatic rings. The van der Waals surface area contributed by atoms with Crippen molar-refractivity contribution < 1.29 is 14.3 Å². The van der Waals surface area contributed by atoms with Gasteiger partial charge in [0.05, 0.1) is 13.5 Å². The maximum atomic E-state index is 13.3. The Morgan fingerprint density at radius 1 is 1.13 bits per heavy atom. The van der Waals surface area contributed by atoms with Gasteiger partial charge in [-0.05, 0) is 41.8 Å². The van der Waals surface area contributed by atoms with Gasteiger partial charge < -0.3 is 14.4 Å². The van der Waals surface area contributed by atoms with Crippen LogP contribution in [0.25, 0.3) is 0 Å². The third-order valence-corrected chi connectivity index (χ3v) is 5.32. The number of para-hydroxylation sites is 1. The Morgan fingerprint density at radius 2 is 2.00 bits per heavy atom. The van der Waals surface area contributed by atoms with E-state index in [1.54, 1.807) is 19.5 Å². The summed E-state index contributed by atoms with van der Waals surface area (Å²) in [5.41, 5.74) is 4.16. The van der Waals surface area contributed by atoms with Crippen LogP contribution in [0.1, 0.15) is 29.2 Å². The van der Waals surface area contributed by atoms with E-state index in [1.165, 1.54) is 5.56 Å². The molecule has 0 radical (unpaired) electrons. The minimum Gasteiger partial charge on any atom is -0.496 e. The molecular weight excluding hydrogens is 376 g/mol. The van der Waals surface area contributed by atoms with Crippen molar-refractivity contribution in [3.05, 3.63) is 89.2 Å². The number of aromatic nitrogens is 1. The van der Waals surface area contributed by atoms with Crippen LogP contribution in [0, 0.1) is 0 Å². The van der Waals surface area contributed by atoms with Crippen LogP contribution in [0.5, 0.6) is 11.5 Å². The number of ether oxygens (including phenoxy) is 2. The van der Waals surface area contributed by atoms with Gasteiger partial charge in [0.25, 0.3) is 0 Å². The van der Waals surface area contributed by atoms with Crippen molar-refractivity contribution in [2.24, 2.45) is 0 Å². The lowest BCUT2D eigenvalue weighted by molar-refractivity contribution is -0.131. The largest absolute Gasteiger partial charge is 0.496 e. The fraction of sp³-hybridized carbons (Fsp3) is 0.280. The van der Waals surface area contributed by atoms with Crippen LogP contribution in [0.2, 0.25) is 0 Å². The van der Waals surface area contributed by atoms with Crippen LogP contribution in [-0.4, -0.2) is 29.0 Å². The summed E-state index contributed by atoms with van der Waals surface area (Å²) in [6.45, 7) is 3.03. The zero-order chi connectivity index (χ0) is 20.9. The highest BCUT2D eigenvalue weighted by molar-refractivity contribution is 5.79. The molecule has 154 valence electrons. The first-order chi connectivity index (χ1) is 14.6. The van der Waals surface area contributed by atoms with E-state index < -0.39 is 0 Å². The zero-order valence-corrected chi connectivity index (χ0v) is 17.4. The van der Waals surface area contributed by atoms with Gasteiger partial charge in [-0.3, -0.25) is 9.78 Å². The maximum Gasteiger partial charge on any atom is 0.227 e. The minimum atomic E-state index is 0.0664. The Morgan fingerprint density at radius 3 is 2.80 bits per heavy atom. The number of hydrogen-bond donors (Lipinski definition) is 0. The van der Waals surface area contributed by atoms with Gasteiger partial charge in [-0.25, -0.2) is 0 Å². The highest BCUT2D eigenvalue weighted by Gasteiger charge is 2.21. The van der Waals surface area contributed by atoms with E-state index in [0.29, 0.717) is 19.5 Å². The quantitative estimate of drug-likeness (QED) is 0.595. The first kappa shape index (κ1) is 20.0. The number of pyridine rings is 1. The highest BCUT2D eigenvalue weighted by Crippen LogP contribution is 2.30. The summed E-state index contributed by atoms with van der Waals surface area (Å²) >= 11 is 0. The Labute approximate surface area is 177 Å². The van der Waals surface area contributed by atoms with Crippen molar-refractivity contribution in [1.82, 2.24) is 9.88 Å². The standard InChI is InChI=1S/C25H26N2O3/c1-18-12-22-13-19(9-10-24(22)30-18)14-25(28)27(16-20-6-5-11-26-15-20)17-21-7-3-4-8-23(21)29-2/h3-11,13,15,18H,12,14,16-17H2,1-2H3. The molecule has 30 heavy (non-hydrogen) atoms. The molecule has 1 amide bonds. The van der Waals surface area contributed by atoms with Crippen LogP contribution in [-0.2, 0) is 30.7 Å². The van der Waals surface area contributed by atoms with Gasteiger partial charge in [0.15, 0.2) is 0 Å². The van der Waals surface area contributed by atoms with Crippen LogP contribution in [0.3, 0.4) is 0 Å². The van der Waals surface area contributed by atoms with Crippen molar-refractivity contribution in [1.29, 1.82) is 0 Å². The molecule has 5 nitrogen and oxygen atoms in total. The van der Waals surface area contributed by atoms with Gasteiger partial charge in [0.2, 0.25) is 5.91 Å². The summed E-state index contributed by atoms with van der Waals surface area (Å²) in [5, 5.41) is 0. The topological polar surface area (TPSA) is 51.7 Å². The predicted octanol–water partition coefficient (Wildman–Crippen LogP) is 4.19. The Bertz CT molecular complexity index is 1020. The van der Waals surface area contributed by atoms with E-state index in [0.717, 1.165) is 34.6 Å². The Balaban J connectivity index is 1.55. The molecule has 0 fully saturated rings. The van der Waals surface area contributed by atoms with Crippen LogP contribution >= 0.6 is 0 Å². The maximum absolute atomic E-state index is 13.3. The number of carbonyl (C=O) groups excluding carboxylic acids is 1. The number of benzene rings is 2. The van der Waals surface area contributed by atoms with Gasteiger partial charge in [-0.15, -0.1) is 0 Å². The molecule has 2 heterocycles. The normalized spacial score (nSPS) is 14.7. The molecule has 4 rings (SSSR count). The number of carbonyl (C=O) groups is 1. The van der Waals surface area contributed by atoms with E-state index >= 15 is 0 Å². The van der Waals surface area contributed by atoms with E-state index in [9.17, 15) is 4.79 Å². The lowest BCUT2D eigenvalue weighted by Gasteiger charge is -2.24. The number of methoxy groups -OCH3 is 1. The smallest absolute Gasteiger partial charge is 0.227 e. The summed E-state index contributed by atoms with van der Waals surface area (Å²) in [6.07, 6.45) is 4.97.